The van der Waals surface area contributed by atoms with E-state index in [2.05, 4.69) is 20.6 Å². The summed E-state index contributed by atoms with van der Waals surface area (Å²) < 4.78 is 0. The first-order chi connectivity index (χ1) is 6.83. The number of hydrogen-bond acceptors (Lipinski definition) is 4. The number of carbonyl (C=O) groups is 1. The number of nitrogens with zero attached hydrogens (tertiary/aromatic N) is 2. The predicted octanol–water partition coefficient (Wildman–Crippen LogP) is 0.415. The molecule has 2 N–H and O–H groups in total. The van der Waals surface area contributed by atoms with Gasteiger partial charge in [0.25, 0.3) is 0 Å². The van der Waals surface area contributed by atoms with Crippen LogP contribution in [0.25, 0.3) is 0 Å². The fourth-order valence-electron chi connectivity index (χ4n) is 0.893. The van der Waals surface area contributed by atoms with Crippen LogP contribution in [0.2, 0.25) is 0 Å². The minimum Gasteiger partial charge on any atom is -0.361 e. The summed E-state index contributed by atoms with van der Waals surface area (Å²) in [7, 11) is 0. The normalized spacial score (nSPS) is 9.50. The van der Waals surface area contributed by atoms with Crippen LogP contribution < -0.4 is 10.6 Å². The Labute approximate surface area is 83.0 Å². The lowest BCUT2D eigenvalue weighted by Crippen LogP contribution is -2.30. The first kappa shape index (κ1) is 10.4. The van der Waals surface area contributed by atoms with E-state index in [9.17, 15) is 4.79 Å². The Hall–Kier alpha value is -1.65. The van der Waals surface area contributed by atoms with E-state index >= 15 is 0 Å². The van der Waals surface area contributed by atoms with Gasteiger partial charge >= 0.3 is 0 Å². The van der Waals surface area contributed by atoms with E-state index in [-0.39, 0.29) is 12.5 Å². The molecule has 1 amide bonds. The molecule has 1 aromatic heterocycles. The van der Waals surface area contributed by atoms with Crippen molar-refractivity contribution < 1.29 is 4.79 Å². The zero-order valence-corrected chi connectivity index (χ0v) is 8.16. The number of carbonyl (C=O) groups excluding carboxylic acids is 1. The average molecular weight is 194 g/mol. The van der Waals surface area contributed by atoms with Gasteiger partial charge in [-0.15, -0.1) is 0 Å². The molecule has 0 radical (unpaired) electrons. The quantitative estimate of drug-likeness (QED) is 0.712. The Morgan fingerprint density at radius 3 is 3.07 bits per heavy atom. The summed E-state index contributed by atoms with van der Waals surface area (Å²) in [4.78, 5) is 18.9. The fraction of sp³-hybridized carbons (Fsp3) is 0.444. The third-order valence-electron chi connectivity index (χ3n) is 1.58. The van der Waals surface area contributed by atoms with Crippen molar-refractivity contribution in [2.24, 2.45) is 0 Å². The molecule has 1 rings (SSSR count). The summed E-state index contributed by atoms with van der Waals surface area (Å²) >= 11 is 0. The van der Waals surface area contributed by atoms with Crippen LogP contribution >= 0.6 is 0 Å². The number of amides is 1. The third-order valence-corrected chi connectivity index (χ3v) is 1.58. The maximum Gasteiger partial charge on any atom is 0.239 e. The highest BCUT2D eigenvalue weighted by Crippen LogP contribution is 1.95. The van der Waals surface area contributed by atoms with Gasteiger partial charge in [-0.05, 0) is 12.5 Å². The van der Waals surface area contributed by atoms with Gasteiger partial charge in [0.15, 0.2) is 0 Å². The molecule has 0 saturated carbocycles. The van der Waals surface area contributed by atoms with Gasteiger partial charge in [-0.3, -0.25) is 4.79 Å². The van der Waals surface area contributed by atoms with E-state index < -0.39 is 0 Å². The summed E-state index contributed by atoms with van der Waals surface area (Å²) in [6, 6.07) is 1.72. The van der Waals surface area contributed by atoms with Crippen LogP contribution in [0.1, 0.15) is 13.3 Å². The molecule has 0 fully saturated rings. The minimum absolute atomic E-state index is 0.0227. The Kier molecular flexibility index (Phi) is 4.40. The molecule has 14 heavy (non-hydrogen) atoms. The zero-order chi connectivity index (χ0) is 10.2. The Morgan fingerprint density at radius 2 is 2.43 bits per heavy atom. The minimum atomic E-state index is -0.0227. The largest absolute Gasteiger partial charge is 0.361 e. The summed E-state index contributed by atoms with van der Waals surface area (Å²) in [5.41, 5.74) is 0. The molecule has 1 heterocycles. The SMILES string of the molecule is CCCNC(=O)CNc1ccncn1. The van der Waals surface area contributed by atoms with Crippen LogP contribution in [0.15, 0.2) is 18.6 Å². The van der Waals surface area contributed by atoms with Gasteiger partial charge < -0.3 is 10.6 Å². The van der Waals surface area contributed by atoms with Crippen molar-refractivity contribution in [2.45, 2.75) is 13.3 Å². The summed E-state index contributed by atoms with van der Waals surface area (Å²) in [5.74, 6) is 0.636. The smallest absolute Gasteiger partial charge is 0.239 e. The molecule has 0 aliphatic heterocycles. The molecular weight excluding hydrogens is 180 g/mol. The molecule has 0 aliphatic carbocycles. The van der Waals surface area contributed by atoms with Crippen molar-refractivity contribution >= 4 is 11.7 Å². The van der Waals surface area contributed by atoms with Crippen LogP contribution in [0.3, 0.4) is 0 Å². The average Bonchev–Trinajstić information content (AvgIpc) is 2.25. The molecule has 0 spiro atoms. The van der Waals surface area contributed by atoms with Crippen molar-refractivity contribution in [1.82, 2.24) is 15.3 Å². The summed E-state index contributed by atoms with van der Waals surface area (Å²) in [5, 5.41) is 5.65. The maximum absolute atomic E-state index is 11.2. The zero-order valence-electron chi connectivity index (χ0n) is 8.16. The number of aromatic nitrogens is 2. The molecule has 0 unspecified atom stereocenters. The Bertz CT molecular complexity index is 275. The molecule has 0 aliphatic rings. The van der Waals surface area contributed by atoms with Gasteiger partial charge in [0.2, 0.25) is 5.91 Å². The van der Waals surface area contributed by atoms with Gasteiger partial charge in [-0.2, -0.15) is 0 Å². The molecule has 0 saturated heterocycles. The number of rotatable bonds is 5. The fourth-order valence-corrected chi connectivity index (χ4v) is 0.893. The second-order valence-corrected chi connectivity index (χ2v) is 2.80. The molecule has 1 aromatic rings. The Balaban J connectivity index is 2.24. The van der Waals surface area contributed by atoms with Crippen LogP contribution in [0.5, 0.6) is 0 Å². The second-order valence-electron chi connectivity index (χ2n) is 2.80. The third kappa shape index (κ3) is 3.84. The van der Waals surface area contributed by atoms with Crippen LogP contribution in [-0.4, -0.2) is 29.0 Å². The molecule has 76 valence electrons. The van der Waals surface area contributed by atoms with Gasteiger partial charge in [0.05, 0.1) is 6.54 Å². The van der Waals surface area contributed by atoms with Crippen molar-refractivity contribution in [2.75, 3.05) is 18.4 Å². The molecule has 5 nitrogen and oxygen atoms in total. The monoisotopic (exact) mass is 194 g/mol. The lowest BCUT2D eigenvalue weighted by molar-refractivity contribution is -0.119. The first-order valence-electron chi connectivity index (χ1n) is 4.59. The van der Waals surface area contributed by atoms with Crippen molar-refractivity contribution in [1.29, 1.82) is 0 Å². The topological polar surface area (TPSA) is 66.9 Å². The van der Waals surface area contributed by atoms with E-state index in [1.807, 2.05) is 6.92 Å². The van der Waals surface area contributed by atoms with Crippen molar-refractivity contribution in [3.8, 4) is 0 Å². The standard InChI is InChI=1S/C9H14N4O/c1-2-4-11-9(14)6-12-8-3-5-10-7-13-8/h3,5,7H,2,4,6H2,1H3,(H,11,14)(H,10,12,13). The Morgan fingerprint density at radius 1 is 1.57 bits per heavy atom. The van der Waals surface area contributed by atoms with E-state index in [4.69, 9.17) is 0 Å². The summed E-state index contributed by atoms with van der Waals surface area (Å²) in [6.07, 6.45) is 4.00. The van der Waals surface area contributed by atoms with Crippen LogP contribution in [-0.2, 0) is 4.79 Å². The summed E-state index contributed by atoms with van der Waals surface area (Å²) in [6.45, 7) is 2.97. The highest BCUT2D eigenvalue weighted by atomic mass is 16.1. The number of anilines is 1. The second kappa shape index (κ2) is 5.90. The highest BCUT2D eigenvalue weighted by molar-refractivity contribution is 5.80. The number of hydrogen-bond donors (Lipinski definition) is 2. The number of nitrogens with one attached hydrogen (secondary N) is 2. The molecule has 0 atom stereocenters. The molecular formula is C9H14N4O. The van der Waals surface area contributed by atoms with Crippen molar-refractivity contribution in [3.63, 3.8) is 0 Å². The van der Waals surface area contributed by atoms with Crippen molar-refractivity contribution in [3.05, 3.63) is 18.6 Å². The van der Waals surface area contributed by atoms with E-state index in [1.165, 1.54) is 6.33 Å². The van der Waals surface area contributed by atoms with Crippen LogP contribution in [0.4, 0.5) is 5.82 Å². The van der Waals surface area contributed by atoms with E-state index in [0.29, 0.717) is 12.4 Å². The predicted molar refractivity (Wildman–Crippen MR) is 53.8 cm³/mol. The van der Waals surface area contributed by atoms with Gasteiger partial charge in [-0.25, -0.2) is 9.97 Å². The lowest BCUT2D eigenvalue weighted by Gasteiger charge is -2.05. The van der Waals surface area contributed by atoms with E-state index in [0.717, 1.165) is 6.42 Å². The molecule has 0 bridgehead atoms. The maximum atomic E-state index is 11.2. The van der Waals surface area contributed by atoms with Gasteiger partial charge in [0.1, 0.15) is 12.1 Å². The molecule has 0 aromatic carbocycles. The van der Waals surface area contributed by atoms with Crippen LogP contribution in [0, 0.1) is 0 Å². The van der Waals surface area contributed by atoms with Gasteiger partial charge in [0, 0.05) is 12.7 Å². The first-order valence-corrected chi connectivity index (χ1v) is 4.59. The van der Waals surface area contributed by atoms with E-state index in [1.54, 1.807) is 12.3 Å². The highest BCUT2D eigenvalue weighted by Gasteiger charge is 1.99. The van der Waals surface area contributed by atoms with Gasteiger partial charge in [-0.1, -0.05) is 6.92 Å². The molecule has 5 heteroatoms. The lowest BCUT2D eigenvalue weighted by atomic mass is 10.4.